The molecular weight excluding hydrogens is 310 g/mol. The van der Waals surface area contributed by atoms with Crippen LogP contribution in [0.1, 0.15) is 19.8 Å². The van der Waals surface area contributed by atoms with E-state index in [1.165, 1.54) is 26.9 Å². The lowest BCUT2D eigenvalue weighted by Crippen LogP contribution is -2.35. The van der Waals surface area contributed by atoms with Crippen LogP contribution < -0.4 is 11.1 Å². The topological polar surface area (TPSA) is 91.6 Å². The fourth-order valence-electron chi connectivity index (χ4n) is 2.39. The number of nitrogens with one attached hydrogen (secondary N) is 1. The van der Waals surface area contributed by atoms with E-state index in [2.05, 4.69) is 21.5 Å². The summed E-state index contributed by atoms with van der Waals surface area (Å²) in [5.41, 5.74) is 5.74. The molecule has 2 rings (SSSR count). The van der Waals surface area contributed by atoms with Crippen molar-refractivity contribution in [3.05, 3.63) is 0 Å². The second-order valence-corrected chi connectivity index (χ2v) is 8.35. The average Bonchev–Trinajstić information content (AvgIpc) is 3.05. The second-order valence-electron chi connectivity index (χ2n) is 5.49. The van der Waals surface area contributed by atoms with Crippen LogP contribution in [0.15, 0.2) is 4.90 Å². The van der Waals surface area contributed by atoms with E-state index in [0.717, 1.165) is 28.9 Å². The van der Waals surface area contributed by atoms with Crippen LogP contribution in [0.2, 0.25) is 0 Å². The molecule has 21 heavy (non-hydrogen) atoms. The van der Waals surface area contributed by atoms with Crippen LogP contribution in [0.4, 0.5) is 10.8 Å². The first-order valence-corrected chi connectivity index (χ1v) is 9.21. The van der Waals surface area contributed by atoms with Gasteiger partial charge in [-0.1, -0.05) is 0 Å². The Morgan fingerprint density at radius 1 is 1.43 bits per heavy atom. The molecule has 0 amide bonds. The summed E-state index contributed by atoms with van der Waals surface area (Å²) < 4.78 is 29.7. The Bertz CT molecular complexity index is 578. The predicted octanol–water partition coefficient (Wildman–Crippen LogP) is 0.872. The smallest absolute Gasteiger partial charge is 0.249 e. The molecule has 1 atom stereocenters. The molecule has 9 heteroatoms. The standard InChI is InChI=1S/C12H23N5O2S2/c1-9(17-6-4-5-7-17)8-14-12-10(11(13)15-20-12)21(18,19)16(2)3/h9,14H,4-8H2,1-3H3,(H2,13,15). The van der Waals surface area contributed by atoms with E-state index in [1.54, 1.807) is 0 Å². The Balaban J connectivity index is 2.11. The summed E-state index contributed by atoms with van der Waals surface area (Å²) >= 11 is 1.09. The fraction of sp³-hybridized carbons (Fsp3) is 0.750. The molecule has 0 radical (unpaired) electrons. The summed E-state index contributed by atoms with van der Waals surface area (Å²) in [6, 6.07) is 0.353. The van der Waals surface area contributed by atoms with Gasteiger partial charge in [0.05, 0.1) is 0 Å². The number of anilines is 2. The van der Waals surface area contributed by atoms with Gasteiger partial charge in [0, 0.05) is 26.7 Å². The van der Waals surface area contributed by atoms with Gasteiger partial charge >= 0.3 is 0 Å². The zero-order chi connectivity index (χ0) is 15.6. The minimum atomic E-state index is -3.58. The zero-order valence-corrected chi connectivity index (χ0v) is 14.3. The van der Waals surface area contributed by atoms with Crippen molar-refractivity contribution in [1.82, 2.24) is 13.6 Å². The van der Waals surface area contributed by atoms with Crippen LogP contribution in [0.3, 0.4) is 0 Å². The molecule has 1 aliphatic rings. The summed E-state index contributed by atoms with van der Waals surface area (Å²) in [5, 5.41) is 3.72. The lowest BCUT2D eigenvalue weighted by atomic mass is 10.3. The largest absolute Gasteiger partial charge is 0.382 e. The van der Waals surface area contributed by atoms with E-state index in [0.29, 0.717) is 17.6 Å². The minimum absolute atomic E-state index is 0.0602. The number of sulfonamides is 1. The summed E-state index contributed by atoms with van der Waals surface area (Å²) in [5.74, 6) is 0.0602. The number of likely N-dealkylation sites (tertiary alicyclic amines) is 1. The van der Waals surface area contributed by atoms with E-state index in [4.69, 9.17) is 5.73 Å². The molecule has 1 unspecified atom stereocenters. The van der Waals surface area contributed by atoms with Crippen LogP contribution in [-0.2, 0) is 10.0 Å². The van der Waals surface area contributed by atoms with Gasteiger partial charge in [-0.3, -0.25) is 4.90 Å². The summed E-state index contributed by atoms with van der Waals surface area (Å²) in [6.45, 7) is 5.04. The molecule has 1 aliphatic heterocycles. The molecule has 0 spiro atoms. The van der Waals surface area contributed by atoms with Crippen molar-refractivity contribution in [2.24, 2.45) is 0 Å². The highest BCUT2D eigenvalue weighted by atomic mass is 32.2. The highest BCUT2D eigenvalue weighted by Gasteiger charge is 2.28. The van der Waals surface area contributed by atoms with E-state index >= 15 is 0 Å². The zero-order valence-electron chi connectivity index (χ0n) is 12.7. The van der Waals surface area contributed by atoms with Crippen LogP contribution >= 0.6 is 11.5 Å². The Hall–Kier alpha value is -0.900. The summed E-state index contributed by atoms with van der Waals surface area (Å²) in [4.78, 5) is 2.49. The lowest BCUT2D eigenvalue weighted by Gasteiger charge is -2.24. The Morgan fingerprint density at radius 2 is 2.05 bits per heavy atom. The van der Waals surface area contributed by atoms with Gasteiger partial charge in [0.15, 0.2) is 10.7 Å². The molecular formula is C12H23N5O2S2. The third-order valence-electron chi connectivity index (χ3n) is 3.73. The van der Waals surface area contributed by atoms with Gasteiger partial charge in [0.2, 0.25) is 10.0 Å². The summed E-state index contributed by atoms with van der Waals surface area (Å²) in [6.07, 6.45) is 2.47. The van der Waals surface area contributed by atoms with Crippen LogP contribution in [-0.4, -0.2) is 61.8 Å². The fourth-order valence-corrected chi connectivity index (χ4v) is 4.47. The van der Waals surface area contributed by atoms with E-state index in [9.17, 15) is 8.42 Å². The van der Waals surface area contributed by atoms with Crippen molar-refractivity contribution < 1.29 is 8.42 Å². The number of nitrogens with zero attached hydrogens (tertiary/aromatic N) is 3. The monoisotopic (exact) mass is 333 g/mol. The molecule has 3 N–H and O–H groups in total. The first-order chi connectivity index (χ1) is 9.84. The number of nitrogen functional groups attached to an aromatic ring is 1. The Labute approximate surface area is 130 Å². The van der Waals surface area contributed by atoms with Crippen molar-refractivity contribution in [3.8, 4) is 0 Å². The number of aromatic nitrogens is 1. The van der Waals surface area contributed by atoms with E-state index < -0.39 is 10.0 Å². The highest BCUT2D eigenvalue weighted by molar-refractivity contribution is 7.89. The maximum Gasteiger partial charge on any atom is 0.249 e. The number of nitrogens with two attached hydrogens (primary N) is 1. The van der Waals surface area contributed by atoms with Crippen LogP contribution in [0, 0.1) is 0 Å². The minimum Gasteiger partial charge on any atom is -0.382 e. The molecule has 1 saturated heterocycles. The molecule has 2 heterocycles. The highest BCUT2D eigenvalue weighted by Crippen LogP contribution is 2.33. The number of rotatable bonds is 6. The Morgan fingerprint density at radius 3 is 2.62 bits per heavy atom. The van der Waals surface area contributed by atoms with Crippen LogP contribution in [0.5, 0.6) is 0 Å². The third-order valence-corrected chi connectivity index (χ3v) is 6.57. The molecule has 120 valence electrons. The SMILES string of the molecule is CC(CNc1snc(N)c1S(=O)(=O)N(C)C)N1CCCC1. The molecule has 0 bridgehead atoms. The third kappa shape index (κ3) is 3.47. The average molecular weight is 333 g/mol. The lowest BCUT2D eigenvalue weighted by molar-refractivity contribution is 0.269. The quantitative estimate of drug-likeness (QED) is 0.803. The van der Waals surface area contributed by atoms with E-state index in [-0.39, 0.29) is 10.7 Å². The Kier molecular flexibility index (Phi) is 5.07. The van der Waals surface area contributed by atoms with Gasteiger partial charge in [0.25, 0.3) is 0 Å². The molecule has 0 saturated carbocycles. The van der Waals surface area contributed by atoms with Crippen molar-refractivity contribution in [2.45, 2.75) is 30.7 Å². The maximum absolute atomic E-state index is 12.3. The molecule has 1 fully saturated rings. The molecule has 1 aromatic rings. The van der Waals surface area contributed by atoms with Crippen molar-refractivity contribution in [3.63, 3.8) is 0 Å². The van der Waals surface area contributed by atoms with Gasteiger partial charge in [-0.25, -0.2) is 12.7 Å². The predicted molar refractivity (Wildman–Crippen MR) is 86.2 cm³/mol. The van der Waals surface area contributed by atoms with Gasteiger partial charge in [-0.15, -0.1) is 0 Å². The molecule has 0 aliphatic carbocycles. The number of hydrogen-bond donors (Lipinski definition) is 2. The van der Waals surface area contributed by atoms with Gasteiger partial charge in [0.1, 0.15) is 5.00 Å². The van der Waals surface area contributed by atoms with Gasteiger partial charge < -0.3 is 11.1 Å². The first kappa shape index (κ1) is 16.5. The van der Waals surface area contributed by atoms with Crippen molar-refractivity contribution >= 4 is 32.4 Å². The van der Waals surface area contributed by atoms with Crippen molar-refractivity contribution in [1.29, 1.82) is 0 Å². The van der Waals surface area contributed by atoms with E-state index in [1.807, 2.05) is 0 Å². The molecule has 0 aromatic carbocycles. The molecule has 1 aromatic heterocycles. The molecule has 7 nitrogen and oxygen atoms in total. The first-order valence-electron chi connectivity index (χ1n) is 6.99. The van der Waals surface area contributed by atoms with Gasteiger partial charge in [-0.05, 0) is 44.4 Å². The van der Waals surface area contributed by atoms with Crippen molar-refractivity contribution in [2.75, 3.05) is 44.8 Å². The number of hydrogen-bond acceptors (Lipinski definition) is 7. The normalized spacial score (nSPS) is 18.3. The maximum atomic E-state index is 12.3. The van der Waals surface area contributed by atoms with Crippen LogP contribution in [0.25, 0.3) is 0 Å². The summed E-state index contributed by atoms with van der Waals surface area (Å²) in [7, 11) is -0.603. The van der Waals surface area contributed by atoms with Gasteiger partial charge in [-0.2, -0.15) is 4.37 Å². The second kappa shape index (κ2) is 6.47.